The highest BCUT2D eigenvalue weighted by Gasteiger charge is 2.06. The molecule has 2 N–H and O–H groups in total. The molecule has 0 radical (unpaired) electrons. The third-order valence-corrected chi connectivity index (χ3v) is 2.65. The molecular weight excluding hydrogens is 256 g/mol. The first-order valence-corrected chi connectivity index (χ1v) is 6.55. The van der Waals surface area contributed by atoms with Crippen molar-refractivity contribution in [1.82, 2.24) is 4.98 Å². The number of pyridine rings is 1. The summed E-state index contributed by atoms with van der Waals surface area (Å²) < 4.78 is 5.09. The largest absolute Gasteiger partial charge is 0.395 e. The SMILES string of the molecule is COC(C)CCC(=O)Nc1cccc(C#CCCO)n1. The first-order chi connectivity index (χ1) is 9.65. The van der Waals surface area contributed by atoms with E-state index < -0.39 is 0 Å². The molecule has 0 aliphatic carbocycles. The second kappa shape index (κ2) is 9.08. The smallest absolute Gasteiger partial charge is 0.225 e. The molecule has 1 rings (SSSR count). The van der Waals surface area contributed by atoms with Crippen LogP contribution in [-0.2, 0) is 9.53 Å². The van der Waals surface area contributed by atoms with E-state index in [1.807, 2.05) is 6.92 Å². The van der Waals surface area contributed by atoms with E-state index in [1.165, 1.54) is 0 Å². The van der Waals surface area contributed by atoms with Crippen molar-refractivity contribution in [3.8, 4) is 11.8 Å². The van der Waals surface area contributed by atoms with Crippen LogP contribution in [0.3, 0.4) is 0 Å². The van der Waals surface area contributed by atoms with Crippen LogP contribution < -0.4 is 5.32 Å². The van der Waals surface area contributed by atoms with Crippen LogP contribution >= 0.6 is 0 Å². The molecule has 1 heterocycles. The number of aliphatic hydroxyl groups is 1. The summed E-state index contributed by atoms with van der Waals surface area (Å²) >= 11 is 0. The van der Waals surface area contributed by atoms with Gasteiger partial charge in [-0.2, -0.15) is 0 Å². The van der Waals surface area contributed by atoms with E-state index in [2.05, 4.69) is 22.1 Å². The number of carbonyl (C=O) groups excluding carboxylic acids is 1. The molecule has 0 fully saturated rings. The fraction of sp³-hybridized carbons (Fsp3) is 0.467. The number of amides is 1. The third-order valence-electron chi connectivity index (χ3n) is 2.65. The van der Waals surface area contributed by atoms with Crippen LogP contribution in [0.1, 0.15) is 31.9 Å². The molecule has 20 heavy (non-hydrogen) atoms. The Morgan fingerprint density at radius 2 is 2.35 bits per heavy atom. The van der Waals surface area contributed by atoms with Gasteiger partial charge in [-0.25, -0.2) is 4.98 Å². The number of aromatic nitrogens is 1. The predicted octanol–water partition coefficient (Wildman–Crippen LogP) is 1.57. The summed E-state index contributed by atoms with van der Waals surface area (Å²) in [5.74, 6) is 6.00. The zero-order valence-corrected chi connectivity index (χ0v) is 11.8. The summed E-state index contributed by atoms with van der Waals surface area (Å²) in [5.41, 5.74) is 0.571. The number of methoxy groups -OCH3 is 1. The van der Waals surface area contributed by atoms with Gasteiger partial charge in [0.25, 0.3) is 0 Å². The van der Waals surface area contributed by atoms with Crippen LogP contribution in [0.15, 0.2) is 18.2 Å². The highest BCUT2D eigenvalue weighted by atomic mass is 16.5. The molecule has 0 aromatic carbocycles. The highest BCUT2D eigenvalue weighted by Crippen LogP contribution is 2.07. The van der Waals surface area contributed by atoms with Gasteiger partial charge in [-0.3, -0.25) is 4.79 Å². The van der Waals surface area contributed by atoms with E-state index in [0.29, 0.717) is 30.8 Å². The summed E-state index contributed by atoms with van der Waals surface area (Å²) in [5, 5.41) is 11.4. The molecule has 1 aromatic rings. The summed E-state index contributed by atoms with van der Waals surface area (Å²) in [6.07, 6.45) is 1.52. The van der Waals surface area contributed by atoms with Gasteiger partial charge in [0.15, 0.2) is 0 Å². The maximum atomic E-state index is 11.7. The average Bonchev–Trinajstić information content (AvgIpc) is 2.45. The third kappa shape index (κ3) is 6.32. The number of hydrogen-bond acceptors (Lipinski definition) is 4. The van der Waals surface area contributed by atoms with Gasteiger partial charge in [0, 0.05) is 20.0 Å². The van der Waals surface area contributed by atoms with E-state index in [0.717, 1.165) is 0 Å². The van der Waals surface area contributed by atoms with Crippen LogP contribution in [0.25, 0.3) is 0 Å². The molecule has 1 aromatic heterocycles. The minimum absolute atomic E-state index is 0.0289. The molecule has 1 unspecified atom stereocenters. The van der Waals surface area contributed by atoms with Crippen molar-refractivity contribution >= 4 is 11.7 Å². The molecule has 108 valence electrons. The van der Waals surface area contributed by atoms with Gasteiger partial charge in [0.05, 0.1) is 12.7 Å². The molecule has 0 spiro atoms. The number of aliphatic hydroxyl groups excluding tert-OH is 1. The fourth-order valence-corrected chi connectivity index (χ4v) is 1.44. The molecule has 1 amide bonds. The van der Waals surface area contributed by atoms with Crippen molar-refractivity contribution in [3.63, 3.8) is 0 Å². The lowest BCUT2D eigenvalue weighted by Crippen LogP contribution is -2.15. The molecule has 0 aliphatic heterocycles. The second-order valence-electron chi connectivity index (χ2n) is 4.32. The number of nitrogens with zero attached hydrogens (tertiary/aromatic N) is 1. The monoisotopic (exact) mass is 276 g/mol. The topological polar surface area (TPSA) is 71.5 Å². The van der Waals surface area contributed by atoms with E-state index in [-0.39, 0.29) is 18.6 Å². The first-order valence-electron chi connectivity index (χ1n) is 6.55. The maximum absolute atomic E-state index is 11.7. The van der Waals surface area contributed by atoms with Crippen molar-refractivity contribution in [2.45, 2.75) is 32.3 Å². The standard InChI is InChI=1S/C15H20N2O3/c1-12(20-2)9-10-15(19)17-14-8-5-7-13(16-14)6-3-4-11-18/h5,7-8,12,18H,4,9-11H2,1-2H3,(H,16,17,19). The number of carbonyl (C=O) groups is 1. The molecule has 0 saturated heterocycles. The van der Waals surface area contributed by atoms with Crippen molar-refractivity contribution in [1.29, 1.82) is 0 Å². The predicted molar refractivity (Wildman–Crippen MR) is 77.2 cm³/mol. The van der Waals surface area contributed by atoms with E-state index in [1.54, 1.807) is 25.3 Å². The van der Waals surface area contributed by atoms with Gasteiger partial charge in [-0.15, -0.1) is 0 Å². The zero-order chi connectivity index (χ0) is 14.8. The Labute approximate surface area is 119 Å². The van der Waals surface area contributed by atoms with Crippen LogP contribution in [0.4, 0.5) is 5.82 Å². The lowest BCUT2D eigenvalue weighted by molar-refractivity contribution is -0.116. The zero-order valence-electron chi connectivity index (χ0n) is 11.8. The maximum Gasteiger partial charge on any atom is 0.225 e. The van der Waals surface area contributed by atoms with E-state index in [4.69, 9.17) is 9.84 Å². The molecule has 5 heteroatoms. The summed E-state index contributed by atoms with van der Waals surface area (Å²) in [6.45, 7) is 1.95. The average molecular weight is 276 g/mol. The van der Waals surface area contributed by atoms with Gasteiger partial charge in [0.2, 0.25) is 5.91 Å². The minimum Gasteiger partial charge on any atom is -0.395 e. The van der Waals surface area contributed by atoms with Crippen molar-refractivity contribution in [3.05, 3.63) is 23.9 Å². The molecule has 5 nitrogen and oxygen atoms in total. The van der Waals surface area contributed by atoms with Crippen LogP contribution in [-0.4, -0.2) is 35.8 Å². The molecule has 0 aliphatic rings. The molecule has 0 saturated carbocycles. The Morgan fingerprint density at radius 1 is 1.55 bits per heavy atom. The second-order valence-corrected chi connectivity index (χ2v) is 4.32. The Hall–Kier alpha value is -1.90. The van der Waals surface area contributed by atoms with Gasteiger partial charge >= 0.3 is 0 Å². The Morgan fingerprint density at radius 3 is 3.05 bits per heavy atom. The van der Waals surface area contributed by atoms with Crippen molar-refractivity contribution < 1.29 is 14.6 Å². The van der Waals surface area contributed by atoms with Gasteiger partial charge < -0.3 is 15.2 Å². The summed E-state index contributed by atoms with van der Waals surface area (Å²) in [7, 11) is 1.62. The van der Waals surface area contributed by atoms with Crippen LogP contribution in [0.5, 0.6) is 0 Å². The number of ether oxygens (including phenoxy) is 1. The Kier molecular flexibility index (Phi) is 7.33. The molecular formula is C15H20N2O3. The lowest BCUT2D eigenvalue weighted by Gasteiger charge is -2.09. The summed E-state index contributed by atoms with van der Waals surface area (Å²) in [4.78, 5) is 15.9. The van der Waals surface area contributed by atoms with Crippen molar-refractivity contribution in [2.75, 3.05) is 19.0 Å². The van der Waals surface area contributed by atoms with Gasteiger partial charge in [0.1, 0.15) is 11.5 Å². The first kappa shape index (κ1) is 16.2. The van der Waals surface area contributed by atoms with Gasteiger partial charge in [-0.1, -0.05) is 12.0 Å². The highest BCUT2D eigenvalue weighted by molar-refractivity contribution is 5.89. The van der Waals surface area contributed by atoms with E-state index in [9.17, 15) is 4.79 Å². The lowest BCUT2D eigenvalue weighted by atomic mass is 10.2. The number of nitrogens with one attached hydrogen (secondary N) is 1. The van der Waals surface area contributed by atoms with Crippen LogP contribution in [0, 0.1) is 11.8 Å². The number of hydrogen-bond donors (Lipinski definition) is 2. The molecule has 0 bridgehead atoms. The fourth-order valence-electron chi connectivity index (χ4n) is 1.44. The van der Waals surface area contributed by atoms with Crippen LogP contribution in [0.2, 0.25) is 0 Å². The minimum atomic E-state index is -0.0955. The normalized spacial score (nSPS) is 11.3. The number of rotatable bonds is 6. The van der Waals surface area contributed by atoms with Crippen molar-refractivity contribution in [2.24, 2.45) is 0 Å². The van der Waals surface area contributed by atoms with Gasteiger partial charge in [-0.05, 0) is 31.4 Å². The Balaban J connectivity index is 2.53. The summed E-state index contributed by atoms with van der Waals surface area (Å²) in [6, 6.07) is 5.26. The number of anilines is 1. The quantitative estimate of drug-likeness (QED) is 0.774. The molecule has 1 atom stereocenters. The Bertz CT molecular complexity index is 491. The van der Waals surface area contributed by atoms with E-state index >= 15 is 0 Å².